The molecule has 0 bridgehead atoms. The van der Waals surface area contributed by atoms with Crippen LogP contribution in [-0.2, 0) is 18.3 Å². The van der Waals surface area contributed by atoms with Crippen LogP contribution in [0.3, 0.4) is 0 Å². The molecule has 0 amide bonds. The van der Waals surface area contributed by atoms with Gasteiger partial charge in [-0.25, -0.2) is 0 Å². The molecule has 0 saturated carbocycles. The first-order valence-corrected chi connectivity index (χ1v) is 3.18. The van der Waals surface area contributed by atoms with Gasteiger partial charge < -0.3 is 0 Å². The molecule has 0 nitrogen and oxygen atoms in total. The fraction of sp³-hybridized carbons (Fsp3) is 0.333. The zero-order valence-electron chi connectivity index (χ0n) is 5.03. The third-order valence-corrected chi connectivity index (χ3v) is 2.12. The Morgan fingerprint density at radius 2 is 2.00 bits per heavy atom. The van der Waals surface area contributed by atoms with E-state index in [9.17, 15) is 0 Å². The predicted octanol–water partition coefficient (Wildman–Crippen LogP) is 2.92. The molecule has 1 aliphatic rings. The first kappa shape index (κ1) is 12.7. The molecule has 9 heavy (non-hydrogen) atoms. The Morgan fingerprint density at radius 1 is 1.44 bits per heavy atom. The fourth-order valence-corrected chi connectivity index (χ4v) is 0.935. The van der Waals surface area contributed by atoms with E-state index in [0.29, 0.717) is 0 Å². The molecule has 0 spiro atoms. The molecule has 0 aromatic rings. The maximum atomic E-state index is 2.64. The second kappa shape index (κ2) is 5.82. The van der Waals surface area contributed by atoms with Gasteiger partial charge in [0.05, 0.1) is 0 Å². The monoisotopic (exact) mass is 341 g/mol. The molecule has 0 atom stereocenters. The molecule has 0 heterocycles. The van der Waals surface area contributed by atoms with Crippen LogP contribution in [0, 0.1) is 0 Å². The van der Waals surface area contributed by atoms with Crippen LogP contribution in [0.2, 0.25) is 0 Å². The van der Waals surface area contributed by atoms with Gasteiger partial charge in [-0.2, -0.15) is 0 Å². The van der Waals surface area contributed by atoms with Gasteiger partial charge in [-0.1, -0.05) is 0 Å². The molecule has 0 radical (unpaired) electrons. The van der Waals surface area contributed by atoms with Crippen molar-refractivity contribution in [2.24, 2.45) is 0 Å². The van der Waals surface area contributed by atoms with E-state index in [4.69, 9.17) is 0 Å². The first-order chi connectivity index (χ1) is 3.30. The summed E-state index contributed by atoms with van der Waals surface area (Å²) in [5.74, 6) is 0. The van der Waals surface area contributed by atoms with Gasteiger partial charge in [0.2, 0.25) is 0 Å². The van der Waals surface area contributed by atoms with Gasteiger partial charge in [0.1, 0.15) is 0 Å². The Balaban J connectivity index is 0. The number of rotatable bonds is 0. The maximum absolute atomic E-state index is 2.64. The van der Waals surface area contributed by atoms with Crippen molar-refractivity contribution in [1.29, 1.82) is 0 Å². The van der Waals surface area contributed by atoms with Gasteiger partial charge in [0.25, 0.3) is 0 Å². The second-order valence-electron chi connectivity index (χ2n) is 1.68. The molecule has 0 unspecified atom stereocenters. The number of hydrogen-bond acceptors (Lipinski definition) is 0. The first-order valence-electron chi connectivity index (χ1n) is 2.31. The Kier molecular flexibility index (Phi) is 8.22. The molecule has 0 aromatic heterocycles. The van der Waals surface area contributed by atoms with Crippen LogP contribution in [0.4, 0.5) is 0 Å². The topological polar surface area (TPSA) is 0 Å². The summed E-state index contributed by atoms with van der Waals surface area (Å²) in [6.45, 7) is 2.13. The zero-order chi connectivity index (χ0) is 5.28. The van der Waals surface area contributed by atoms with Crippen LogP contribution in [0.25, 0.3) is 0 Å². The summed E-state index contributed by atoms with van der Waals surface area (Å²) in [4.78, 5) is 0. The summed E-state index contributed by atoms with van der Waals surface area (Å²) in [6.07, 6.45) is 5.48. The third-order valence-electron chi connectivity index (χ3n) is 1.08. The van der Waals surface area contributed by atoms with Crippen LogP contribution >= 0.6 is 34.0 Å². The van der Waals surface area contributed by atoms with Gasteiger partial charge >= 0.3 is 53.5 Å². The fourth-order valence-electron chi connectivity index (χ4n) is 0.586. The summed E-state index contributed by atoms with van der Waals surface area (Å²) >= 11 is 2.64. The molecule has 0 N–H and O–H groups in total. The van der Waals surface area contributed by atoms with Crippen LogP contribution in [-0.4, -0.2) is 0 Å². The summed E-state index contributed by atoms with van der Waals surface area (Å²) in [7, 11) is 0. The van der Waals surface area contributed by atoms with Crippen LogP contribution < -0.4 is 0 Å². The summed E-state index contributed by atoms with van der Waals surface area (Å²) in [5.41, 5.74) is 1.41. The summed E-state index contributed by atoms with van der Waals surface area (Å²) in [5, 5.41) is 0. The minimum absolute atomic E-state index is 0. The van der Waals surface area contributed by atoms with E-state index < -0.39 is 0 Å². The van der Waals surface area contributed by atoms with E-state index in [1.54, 1.807) is 0 Å². The predicted molar refractivity (Wildman–Crippen MR) is 47.1 cm³/mol. The Bertz CT molecular complexity index is 138. The van der Waals surface area contributed by atoms with Crippen molar-refractivity contribution < 1.29 is 18.3 Å². The zero-order valence-corrected chi connectivity index (χ0v) is 10.2. The van der Waals surface area contributed by atoms with E-state index in [1.165, 1.54) is 9.74 Å². The van der Waals surface area contributed by atoms with Gasteiger partial charge in [-0.05, 0) is 0 Å². The van der Waals surface area contributed by atoms with Crippen molar-refractivity contribution in [3.63, 3.8) is 0 Å². The minimum atomic E-state index is 0. The third kappa shape index (κ3) is 3.69. The Labute approximate surface area is 87.0 Å². The standard InChI is InChI=1S/C6H7.2BrH.Ru/c1-6-4-2-3-5-6;;;/h2,4H,3H2,1H3;2*1H;. The molecule has 55 valence electrons. The van der Waals surface area contributed by atoms with E-state index in [0.717, 1.165) is 6.42 Å². The average molecular weight is 342 g/mol. The van der Waals surface area contributed by atoms with Gasteiger partial charge in [-0.15, -0.1) is 34.0 Å². The number of hydrogen-bond donors (Lipinski definition) is 0. The Hall–Kier alpha value is 1.06. The van der Waals surface area contributed by atoms with Crippen molar-refractivity contribution in [2.75, 3.05) is 0 Å². The van der Waals surface area contributed by atoms with Crippen LogP contribution in [0.5, 0.6) is 0 Å². The van der Waals surface area contributed by atoms with E-state index in [2.05, 4.69) is 37.4 Å². The van der Waals surface area contributed by atoms with E-state index in [1.807, 2.05) is 0 Å². The molecule has 1 rings (SSSR count). The average Bonchev–Trinajstić information content (AvgIpc) is 1.91. The Morgan fingerprint density at radius 3 is 2.11 bits per heavy atom. The summed E-state index contributed by atoms with van der Waals surface area (Å²) in [6, 6.07) is 0. The quantitative estimate of drug-likeness (QED) is 0.594. The van der Waals surface area contributed by atoms with Crippen LogP contribution in [0.1, 0.15) is 13.3 Å². The summed E-state index contributed by atoms with van der Waals surface area (Å²) < 4.78 is 1.44. The van der Waals surface area contributed by atoms with Gasteiger partial charge in [0.15, 0.2) is 0 Å². The van der Waals surface area contributed by atoms with Crippen molar-refractivity contribution in [1.82, 2.24) is 0 Å². The molecule has 0 fully saturated rings. The van der Waals surface area contributed by atoms with Gasteiger partial charge in [0, 0.05) is 0 Å². The van der Waals surface area contributed by atoms with E-state index in [-0.39, 0.29) is 34.0 Å². The number of allylic oxidation sites excluding steroid dienone is 4. The molecule has 0 saturated heterocycles. The molecule has 0 aromatic carbocycles. The molecular weight excluding hydrogens is 333 g/mol. The van der Waals surface area contributed by atoms with Crippen LogP contribution in [0.15, 0.2) is 21.9 Å². The van der Waals surface area contributed by atoms with Gasteiger partial charge in [-0.3, -0.25) is 0 Å². The molecular formula is C6H9Br2Ru. The molecule has 1 aliphatic carbocycles. The van der Waals surface area contributed by atoms with Crippen molar-refractivity contribution >= 4 is 34.0 Å². The van der Waals surface area contributed by atoms with Crippen molar-refractivity contribution in [3.8, 4) is 0 Å². The van der Waals surface area contributed by atoms with E-state index >= 15 is 0 Å². The normalized spacial score (nSPS) is 14.9. The number of halogens is 2. The molecule has 0 aliphatic heterocycles. The van der Waals surface area contributed by atoms with Crippen molar-refractivity contribution in [2.45, 2.75) is 13.3 Å². The van der Waals surface area contributed by atoms with Crippen molar-refractivity contribution in [3.05, 3.63) is 21.9 Å². The molecule has 3 heteroatoms. The SMILES string of the molecule is Br.Br.CC1=[C]([Ru])CC=C1. The second-order valence-corrected chi connectivity index (χ2v) is 2.73.